The zero-order chi connectivity index (χ0) is 7.40. The van der Waals surface area contributed by atoms with Crippen LogP contribution < -0.4 is 0 Å². The lowest BCUT2D eigenvalue weighted by Crippen LogP contribution is -2.45. The molecular weight excluding hydrogens is 128 g/mol. The van der Waals surface area contributed by atoms with E-state index in [1.165, 1.54) is 0 Å². The Balaban J connectivity index is 2.23. The smallest absolute Gasteiger partial charge is 0.209 e. The fraction of sp³-hybridized carbons (Fsp3) is 0.714. The highest BCUT2D eigenvalue weighted by Gasteiger charge is 2.12. The molecule has 3 heteroatoms. The first-order valence-electron chi connectivity index (χ1n) is 3.58. The summed E-state index contributed by atoms with van der Waals surface area (Å²) in [5.41, 5.74) is 0. The molecule has 1 radical (unpaired) electrons. The van der Waals surface area contributed by atoms with Crippen molar-refractivity contribution in [1.82, 2.24) is 9.80 Å². The van der Waals surface area contributed by atoms with Crippen molar-refractivity contribution >= 4 is 6.41 Å². The van der Waals surface area contributed by atoms with E-state index in [9.17, 15) is 4.79 Å². The van der Waals surface area contributed by atoms with Gasteiger partial charge in [-0.2, -0.15) is 0 Å². The van der Waals surface area contributed by atoms with Gasteiger partial charge in [-0.05, 0) is 13.5 Å². The molecule has 0 N–H and O–H groups in total. The predicted molar refractivity (Wildman–Crippen MR) is 39.4 cm³/mol. The van der Waals surface area contributed by atoms with Crippen LogP contribution in [-0.2, 0) is 4.79 Å². The molecular formula is C7H13N2O. The van der Waals surface area contributed by atoms with Crippen LogP contribution in [-0.4, -0.2) is 48.9 Å². The minimum absolute atomic E-state index is 0.854. The molecule has 0 aromatic heterocycles. The fourth-order valence-corrected chi connectivity index (χ4v) is 1.09. The summed E-state index contributed by atoms with van der Waals surface area (Å²) < 4.78 is 0. The molecule has 3 nitrogen and oxygen atoms in total. The molecule has 1 aliphatic rings. The van der Waals surface area contributed by atoms with E-state index in [0.717, 1.165) is 39.1 Å². The Morgan fingerprint density at radius 1 is 1.30 bits per heavy atom. The lowest BCUT2D eigenvalue weighted by Gasteiger charge is -2.31. The second-order valence-corrected chi connectivity index (χ2v) is 2.48. The highest BCUT2D eigenvalue weighted by Crippen LogP contribution is 1.97. The van der Waals surface area contributed by atoms with E-state index in [-0.39, 0.29) is 0 Å². The molecule has 1 heterocycles. The van der Waals surface area contributed by atoms with Crippen molar-refractivity contribution in [2.24, 2.45) is 0 Å². The number of amides is 1. The maximum Gasteiger partial charge on any atom is 0.209 e. The van der Waals surface area contributed by atoms with Crippen molar-refractivity contribution in [2.75, 3.05) is 32.7 Å². The Labute approximate surface area is 61.6 Å². The van der Waals surface area contributed by atoms with Crippen molar-refractivity contribution < 1.29 is 4.79 Å². The highest BCUT2D eigenvalue weighted by atomic mass is 16.1. The average Bonchev–Trinajstić information content (AvgIpc) is 2.05. The molecule has 0 aromatic carbocycles. The topological polar surface area (TPSA) is 23.6 Å². The first kappa shape index (κ1) is 7.54. The van der Waals surface area contributed by atoms with Gasteiger partial charge in [-0.3, -0.25) is 9.69 Å². The molecule has 0 spiro atoms. The largest absolute Gasteiger partial charge is 0.343 e. The second kappa shape index (κ2) is 3.56. The number of piperazine rings is 1. The number of nitrogens with zero attached hydrogens (tertiary/aromatic N) is 2. The molecule has 0 aromatic rings. The molecule has 10 heavy (non-hydrogen) atoms. The van der Waals surface area contributed by atoms with Crippen molar-refractivity contribution in [3.8, 4) is 0 Å². The minimum atomic E-state index is 0.854. The molecule has 1 aliphatic heterocycles. The van der Waals surface area contributed by atoms with Gasteiger partial charge in [0, 0.05) is 26.2 Å². The molecule has 0 atom stereocenters. The van der Waals surface area contributed by atoms with Crippen molar-refractivity contribution in [3.05, 3.63) is 6.92 Å². The molecule has 1 amide bonds. The summed E-state index contributed by atoms with van der Waals surface area (Å²) >= 11 is 0. The van der Waals surface area contributed by atoms with Crippen LogP contribution in [0.2, 0.25) is 0 Å². The minimum Gasteiger partial charge on any atom is -0.343 e. The Morgan fingerprint density at radius 2 is 1.90 bits per heavy atom. The van der Waals surface area contributed by atoms with Gasteiger partial charge >= 0.3 is 0 Å². The van der Waals surface area contributed by atoms with E-state index in [0.29, 0.717) is 0 Å². The SMILES string of the molecule is [CH2]CN1CCN(C=O)CC1. The molecule has 0 bridgehead atoms. The van der Waals surface area contributed by atoms with E-state index >= 15 is 0 Å². The van der Waals surface area contributed by atoms with Gasteiger partial charge in [0.1, 0.15) is 0 Å². The third-order valence-corrected chi connectivity index (χ3v) is 1.87. The number of hydrogen-bond acceptors (Lipinski definition) is 2. The van der Waals surface area contributed by atoms with Gasteiger partial charge in [0.2, 0.25) is 6.41 Å². The first-order chi connectivity index (χ1) is 4.86. The van der Waals surface area contributed by atoms with Crippen molar-refractivity contribution in [2.45, 2.75) is 0 Å². The van der Waals surface area contributed by atoms with Crippen LogP contribution in [0.3, 0.4) is 0 Å². The van der Waals surface area contributed by atoms with E-state index < -0.39 is 0 Å². The maximum absolute atomic E-state index is 10.2. The number of carbonyl (C=O) groups excluding carboxylic acids is 1. The second-order valence-electron chi connectivity index (χ2n) is 2.48. The molecule has 0 aliphatic carbocycles. The van der Waals surface area contributed by atoms with E-state index in [1.807, 2.05) is 0 Å². The first-order valence-corrected chi connectivity index (χ1v) is 3.58. The number of rotatable bonds is 2. The monoisotopic (exact) mass is 141 g/mol. The maximum atomic E-state index is 10.2. The van der Waals surface area contributed by atoms with Gasteiger partial charge in [0.05, 0.1) is 0 Å². The molecule has 1 saturated heterocycles. The van der Waals surface area contributed by atoms with Crippen LogP contribution >= 0.6 is 0 Å². The molecule has 1 rings (SSSR count). The summed E-state index contributed by atoms with van der Waals surface area (Å²) in [5.74, 6) is 0. The third kappa shape index (κ3) is 1.70. The van der Waals surface area contributed by atoms with Gasteiger partial charge in [0.25, 0.3) is 0 Å². The Kier molecular flexibility index (Phi) is 2.68. The molecule has 0 saturated carbocycles. The standard InChI is InChI=1S/C7H13N2O/c1-2-8-3-5-9(7-10)6-4-8/h7H,1-6H2. The van der Waals surface area contributed by atoms with Gasteiger partial charge in [-0.25, -0.2) is 0 Å². The van der Waals surface area contributed by atoms with Gasteiger partial charge < -0.3 is 4.90 Å². The van der Waals surface area contributed by atoms with Crippen LogP contribution in [0.25, 0.3) is 0 Å². The lowest BCUT2D eigenvalue weighted by atomic mass is 10.3. The van der Waals surface area contributed by atoms with Gasteiger partial charge in [-0.1, -0.05) is 0 Å². The van der Waals surface area contributed by atoms with Crippen LogP contribution in [0.5, 0.6) is 0 Å². The van der Waals surface area contributed by atoms with Crippen LogP contribution in [0.4, 0.5) is 0 Å². The molecule has 57 valence electrons. The van der Waals surface area contributed by atoms with Crippen LogP contribution in [0.15, 0.2) is 0 Å². The fourth-order valence-electron chi connectivity index (χ4n) is 1.09. The van der Waals surface area contributed by atoms with Crippen LogP contribution in [0.1, 0.15) is 0 Å². The summed E-state index contributed by atoms with van der Waals surface area (Å²) in [6, 6.07) is 0. The highest BCUT2D eigenvalue weighted by molar-refractivity contribution is 5.47. The summed E-state index contributed by atoms with van der Waals surface area (Å²) in [6.07, 6.45) is 0.917. The van der Waals surface area contributed by atoms with E-state index in [4.69, 9.17) is 0 Å². The predicted octanol–water partition coefficient (Wildman–Crippen LogP) is -0.406. The summed E-state index contributed by atoms with van der Waals surface area (Å²) in [4.78, 5) is 14.3. The van der Waals surface area contributed by atoms with Crippen LogP contribution in [0, 0.1) is 6.92 Å². The normalized spacial score (nSPS) is 21.1. The third-order valence-electron chi connectivity index (χ3n) is 1.87. The van der Waals surface area contributed by atoms with Crippen molar-refractivity contribution in [3.63, 3.8) is 0 Å². The summed E-state index contributed by atoms with van der Waals surface area (Å²) in [6.45, 7) is 8.30. The zero-order valence-corrected chi connectivity index (χ0v) is 6.12. The van der Waals surface area contributed by atoms with E-state index in [1.54, 1.807) is 4.90 Å². The quantitative estimate of drug-likeness (QED) is 0.488. The summed E-state index contributed by atoms with van der Waals surface area (Å²) in [7, 11) is 0. The molecule has 0 unspecified atom stereocenters. The Morgan fingerprint density at radius 3 is 2.30 bits per heavy atom. The zero-order valence-electron chi connectivity index (χ0n) is 6.12. The van der Waals surface area contributed by atoms with Gasteiger partial charge in [-0.15, -0.1) is 0 Å². The van der Waals surface area contributed by atoms with E-state index in [2.05, 4.69) is 11.8 Å². The van der Waals surface area contributed by atoms with Gasteiger partial charge in [0.15, 0.2) is 0 Å². The molecule has 1 fully saturated rings. The average molecular weight is 141 g/mol. The summed E-state index contributed by atoms with van der Waals surface area (Å²) in [5, 5.41) is 0. The number of carbonyl (C=O) groups is 1. The Hall–Kier alpha value is -0.570. The Bertz CT molecular complexity index is 108. The lowest BCUT2D eigenvalue weighted by molar-refractivity contribution is -0.119. The van der Waals surface area contributed by atoms with Crippen molar-refractivity contribution in [1.29, 1.82) is 0 Å². The number of hydrogen-bond donors (Lipinski definition) is 0.